The number of aliphatic carboxylic acids is 1. The summed E-state index contributed by atoms with van der Waals surface area (Å²) in [6.45, 7) is 4.15. The third-order valence-electron chi connectivity index (χ3n) is 4.08. The number of benzene rings is 1. The highest BCUT2D eigenvalue weighted by molar-refractivity contribution is 5.81. The highest BCUT2D eigenvalue weighted by Gasteiger charge is 2.41. The first-order valence-electron chi connectivity index (χ1n) is 6.35. The Morgan fingerprint density at radius 3 is 2.89 bits per heavy atom. The third-order valence-corrected chi connectivity index (χ3v) is 4.08. The van der Waals surface area contributed by atoms with E-state index in [4.69, 9.17) is 0 Å². The monoisotopic (exact) mass is 243 g/mol. The molecule has 0 amide bonds. The Labute approximate surface area is 107 Å². The summed E-state index contributed by atoms with van der Waals surface area (Å²) in [5, 5.41) is 12.6. The van der Waals surface area contributed by atoms with Crippen molar-refractivity contribution in [2.24, 2.45) is 5.92 Å². The lowest BCUT2D eigenvalue weighted by Gasteiger charge is -2.36. The number of anilines is 1. The quantitative estimate of drug-likeness (QED) is 0.746. The molecule has 0 saturated carbocycles. The van der Waals surface area contributed by atoms with Gasteiger partial charge in [-0.3, -0.25) is 0 Å². The molecule has 1 heterocycles. The Balaban J connectivity index is 2.14. The lowest BCUT2D eigenvalue weighted by Crippen LogP contribution is -2.42. The van der Waals surface area contributed by atoms with Gasteiger partial charge in [-0.15, -0.1) is 0 Å². The number of hydrogen-bond acceptors (Lipinski definition) is 2. The normalized spacial score (nSPS) is 28.4. The number of aryl methyl sites for hydroxylation is 2. The molecule has 0 saturated heterocycles. The Morgan fingerprint density at radius 1 is 1.39 bits per heavy atom. The van der Waals surface area contributed by atoms with Crippen LogP contribution in [0.5, 0.6) is 0 Å². The topological polar surface area (TPSA) is 49.3 Å². The van der Waals surface area contributed by atoms with E-state index in [2.05, 4.69) is 36.5 Å². The van der Waals surface area contributed by atoms with Crippen LogP contribution >= 0.6 is 0 Å². The number of nitrogens with one attached hydrogen (secondary N) is 1. The van der Waals surface area contributed by atoms with Gasteiger partial charge in [0.05, 0.1) is 0 Å². The van der Waals surface area contributed by atoms with Crippen LogP contribution in [0.2, 0.25) is 0 Å². The van der Waals surface area contributed by atoms with Crippen LogP contribution < -0.4 is 5.32 Å². The van der Waals surface area contributed by atoms with Crippen molar-refractivity contribution in [3.63, 3.8) is 0 Å². The van der Waals surface area contributed by atoms with Gasteiger partial charge in [-0.1, -0.05) is 18.2 Å². The molecule has 1 aromatic carbocycles. The van der Waals surface area contributed by atoms with Crippen molar-refractivity contribution in [1.82, 2.24) is 0 Å². The molecular formula is C15H17NO2. The van der Waals surface area contributed by atoms with Crippen molar-refractivity contribution in [3.8, 4) is 0 Å². The molecule has 3 heteroatoms. The number of rotatable bonds is 1. The SMILES string of the molecule is Cc1cc(C)c2c(c1)N[C@@H](C(=O)O)[C@@H]1CC=C[C@@H]21. The van der Waals surface area contributed by atoms with E-state index < -0.39 is 12.0 Å². The van der Waals surface area contributed by atoms with Crippen LogP contribution in [0.3, 0.4) is 0 Å². The third kappa shape index (κ3) is 1.54. The zero-order valence-electron chi connectivity index (χ0n) is 10.6. The molecule has 0 aromatic heterocycles. The zero-order valence-corrected chi connectivity index (χ0v) is 10.6. The fourth-order valence-corrected chi connectivity index (χ4v) is 3.39. The second-order valence-electron chi connectivity index (χ2n) is 5.36. The maximum Gasteiger partial charge on any atom is 0.326 e. The summed E-state index contributed by atoms with van der Waals surface area (Å²) in [7, 11) is 0. The van der Waals surface area contributed by atoms with Gasteiger partial charge in [-0.25, -0.2) is 4.79 Å². The minimum absolute atomic E-state index is 0.149. The van der Waals surface area contributed by atoms with E-state index in [1.807, 2.05) is 6.92 Å². The zero-order chi connectivity index (χ0) is 12.9. The smallest absolute Gasteiger partial charge is 0.326 e. The van der Waals surface area contributed by atoms with E-state index in [1.165, 1.54) is 16.7 Å². The number of fused-ring (bicyclic) bond motifs is 3. The van der Waals surface area contributed by atoms with Gasteiger partial charge in [0, 0.05) is 17.5 Å². The summed E-state index contributed by atoms with van der Waals surface area (Å²) in [6.07, 6.45) is 5.13. The van der Waals surface area contributed by atoms with Crippen LogP contribution in [0.1, 0.15) is 29.0 Å². The number of carbonyl (C=O) groups is 1. The maximum absolute atomic E-state index is 11.4. The molecule has 0 spiro atoms. The first kappa shape index (κ1) is 11.3. The first-order valence-corrected chi connectivity index (χ1v) is 6.35. The van der Waals surface area contributed by atoms with Gasteiger partial charge in [0.2, 0.25) is 0 Å². The van der Waals surface area contributed by atoms with Crippen molar-refractivity contribution < 1.29 is 9.90 Å². The molecule has 18 heavy (non-hydrogen) atoms. The average Bonchev–Trinajstić information content (AvgIpc) is 2.75. The van der Waals surface area contributed by atoms with Gasteiger partial charge in [0.1, 0.15) is 6.04 Å². The summed E-state index contributed by atoms with van der Waals surface area (Å²) in [5.74, 6) is -0.349. The number of carboxylic acids is 1. The van der Waals surface area contributed by atoms with Crippen LogP contribution in [-0.4, -0.2) is 17.1 Å². The van der Waals surface area contributed by atoms with E-state index in [0.717, 1.165) is 12.1 Å². The lowest BCUT2D eigenvalue weighted by atomic mass is 9.77. The number of hydrogen-bond donors (Lipinski definition) is 2. The summed E-state index contributed by atoms with van der Waals surface area (Å²) >= 11 is 0. The van der Waals surface area contributed by atoms with E-state index >= 15 is 0 Å². The number of allylic oxidation sites excluding steroid dienone is 2. The van der Waals surface area contributed by atoms with Crippen molar-refractivity contribution in [1.29, 1.82) is 0 Å². The highest BCUT2D eigenvalue weighted by Crippen LogP contribution is 2.46. The minimum atomic E-state index is -0.751. The number of carboxylic acid groups (broad SMARTS) is 1. The predicted octanol–water partition coefficient (Wildman–Crippen LogP) is 2.84. The van der Waals surface area contributed by atoms with E-state index in [9.17, 15) is 9.90 Å². The standard InChI is InChI=1S/C15H17NO2/c1-8-6-9(2)13-10-4-3-5-11(10)14(15(17)18)16-12(13)7-8/h3-4,6-7,10-11,14,16H,5H2,1-2H3,(H,17,18)/t10-,11-,14-/m1/s1. The second-order valence-corrected chi connectivity index (χ2v) is 5.36. The predicted molar refractivity (Wildman–Crippen MR) is 71.0 cm³/mol. The molecule has 0 unspecified atom stereocenters. The summed E-state index contributed by atoms with van der Waals surface area (Å²) in [5.41, 5.74) is 4.69. The van der Waals surface area contributed by atoms with Crippen LogP contribution in [0, 0.1) is 19.8 Å². The Morgan fingerprint density at radius 2 is 2.17 bits per heavy atom. The molecule has 3 atom stereocenters. The van der Waals surface area contributed by atoms with Crippen LogP contribution in [0.15, 0.2) is 24.3 Å². The molecule has 0 fully saturated rings. The molecule has 3 rings (SSSR count). The Kier molecular flexibility index (Phi) is 2.44. The second kappa shape index (κ2) is 3.87. The molecule has 1 aliphatic carbocycles. The summed E-state index contributed by atoms with van der Waals surface area (Å²) < 4.78 is 0. The molecule has 94 valence electrons. The van der Waals surface area contributed by atoms with Crippen molar-refractivity contribution >= 4 is 11.7 Å². The van der Waals surface area contributed by atoms with E-state index in [0.29, 0.717) is 0 Å². The molecule has 2 N–H and O–H groups in total. The fraction of sp³-hybridized carbons (Fsp3) is 0.400. The van der Waals surface area contributed by atoms with Crippen LogP contribution in [0.25, 0.3) is 0 Å². The van der Waals surface area contributed by atoms with Gasteiger partial charge in [-0.05, 0) is 43.0 Å². The van der Waals surface area contributed by atoms with Gasteiger partial charge < -0.3 is 10.4 Å². The maximum atomic E-state index is 11.4. The summed E-state index contributed by atoms with van der Waals surface area (Å²) in [4.78, 5) is 11.4. The molecular weight excluding hydrogens is 226 g/mol. The van der Waals surface area contributed by atoms with Gasteiger partial charge in [-0.2, -0.15) is 0 Å². The fourth-order valence-electron chi connectivity index (χ4n) is 3.39. The van der Waals surface area contributed by atoms with Crippen LogP contribution in [-0.2, 0) is 4.79 Å². The lowest BCUT2D eigenvalue weighted by molar-refractivity contribution is -0.139. The molecule has 0 bridgehead atoms. The minimum Gasteiger partial charge on any atom is -0.480 e. The van der Waals surface area contributed by atoms with Crippen LogP contribution in [0.4, 0.5) is 5.69 Å². The van der Waals surface area contributed by atoms with Crippen molar-refractivity contribution in [3.05, 3.63) is 41.0 Å². The van der Waals surface area contributed by atoms with E-state index in [1.54, 1.807) is 0 Å². The van der Waals surface area contributed by atoms with E-state index in [-0.39, 0.29) is 11.8 Å². The Hall–Kier alpha value is -1.77. The van der Waals surface area contributed by atoms with Crippen molar-refractivity contribution in [2.75, 3.05) is 5.32 Å². The molecule has 2 aliphatic rings. The molecule has 3 nitrogen and oxygen atoms in total. The molecule has 1 aliphatic heterocycles. The highest BCUT2D eigenvalue weighted by atomic mass is 16.4. The van der Waals surface area contributed by atoms with Crippen molar-refractivity contribution in [2.45, 2.75) is 32.2 Å². The van der Waals surface area contributed by atoms with Gasteiger partial charge in [0.25, 0.3) is 0 Å². The first-order chi connectivity index (χ1) is 8.58. The molecule has 0 radical (unpaired) electrons. The average molecular weight is 243 g/mol. The van der Waals surface area contributed by atoms with Gasteiger partial charge >= 0.3 is 5.97 Å². The largest absolute Gasteiger partial charge is 0.480 e. The Bertz CT molecular complexity index is 548. The molecule has 1 aromatic rings. The summed E-state index contributed by atoms with van der Waals surface area (Å²) in [6, 6.07) is 3.75. The van der Waals surface area contributed by atoms with Gasteiger partial charge in [0.15, 0.2) is 0 Å².